The van der Waals surface area contributed by atoms with Gasteiger partial charge in [0.05, 0.1) is 6.10 Å². The van der Waals surface area contributed by atoms with Gasteiger partial charge in [-0.1, -0.05) is 6.42 Å². The molecular formula is C16H21F2NO. The maximum Gasteiger partial charge on any atom is 0.129 e. The summed E-state index contributed by atoms with van der Waals surface area (Å²) in [4.78, 5) is 0. The molecule has 0 radical (unpaired) electrons. The molecule has 2 N–H and O–H groups in total. The van der Waals surface area contributed by atoms with Crippen LogP contribution in [0.5, 0.6) is 0 Å². The van der Waals surface area contributed by atoms with Crippen LogP contribution in [0.15, 0.2) is 18.2 Å². The van der Waals surface area contributed by atoms with Crippen LogP contribution in [0.3, 0.4) is 0 Å². The van der Waals surface area contributed by atoms with Crippen molar-refractivity contribution in [1.29, 1.82) is 0 Å². The van der Waals surface area contributed by atoms with E-state index < -0.39 is 17.7 Å². The Balaban J connectivity index is 1.49. The lowest BCUT2D eigenvalue weighted by molar-refractivity contribution is 0.165. The van der Waals surface area contributed by atoms with Gasteiger partial charge in [-0.3, -0.25) is 0 Å². The van der Waals surface area contributed by atoms with Gasteiger partial charge < -0.3 is 10.4 Å². The molecule has 1 aromatic rings. The van der Waals surface area contributed by atoms with Crippen molar-refractivity contribution in [3.8, 4) is 0 Å². The van der Waals surface area contributed by atoms with Gasteiger partial charge in [-0.05, 0) is 61.8 Å². The molecule has 0 aromatic heterocycles. The normalized spacial score (nSPS) is 29.9. The summed E-state index contributed by atoms with van der Waals surface area (Å²) in [5, 5.41) is 13.2. The number of halogens is 2. The van der Waals surface area contributed by atoms with E-state index in [0.29, 0.717) is 5.92 Å². The highest BCUT2D eigenvalue weighted by molar-refractivity contribution is 5.21. The van der Waals surface area contributed by atoms with Crippen LogP contribution in [-0.4, -0.2) is 18.2 Å². The number of nitrogens with one attached hydrogen (secondary N) is 1. The van der Waals surface area contributed by atoms with Gasteiger partial charge in [-0.2, -0.15) is 0 Å². The molecule has 2 bridgehead atoms. The maximum atomic E-state index is 13.5. The average molecular weight is 281 g/mol. The second-order valence-electron chi connectivity index (χ2n) is 6.27. The van der Waals surface area contributed by atoms with E-state index in [4.69, 9.17) is 0 Å². The smallest absolute Gasteiger partial charge is 0.129 e. The fourth-order valence-electron chi connectivity index (χ4n) is 3.91. The Morgan fingerprint density at radius 1 is 1.25 bits per heavy atom. The third-order valence-electron chi connectivity index (χ3n) is 4.95. The molecular weight excluding hydrogens is 260 g/mol. The van der Waals surface area contributed by atoms with E-state index in [9.17, 15) is 13.9 Å². The van der Waals surface area contributed by atoms with Crippen molar-refractivity contribution in [1.82, 2.24) is 5.32 Å². The lowest BCUT2D eigenvalue weighted by Crippen LogP contribution is -2.30. The van der Waals surface area contributed by atoms with Crippen LogP contribution >= 0.6 is 0 Å². The predicted octanol–water partition coefficient (Wildman–Crippen LogP) is 3.02. The molecule has 1 aromatic carbocycles. The van der Waals surface area contributed by atoms with Gasteiger partial charge in [0.1, 0.15) is 11.6 Å². The zero-order valence-corrected chi connectivity index (χ0v) is 11.5. The van der Waals surface area contributed by atoms with Crippen molar-refractivity contribution >= 4 is 0 Å². The van der Waals surface area contributed by atoms with Gasteiger partial charge in [0, 0.05) is 12.1 Å². The van der Waals surface area contributed by atoms with Gasteiger partial charge in [0.15, 0.2) is 0 Å². The summed E-state index contributed by atoms with van der Waals surface area (Å²) < 4.78 is 26.6. The number of fused-ring (bicyclic) bond motifs is 2. The summed E-state index contributed by atoms with van der Waals surface area (Å²) in [5.74, 6) is 1.35. The summed E-state index contributed by atoms with van der Waals surface area (Å²) in [6, 6.07) is 3.19. The van der Waals surface area contributed by atoms with E-state index in [1.807, 2.05) is 0 Å². The molecule has 4 atom stereocenters. The largest absolute Gasteiger partial charge is 0.387 e. The average Bonchev–Trinajstić information content (AvgIpc) is 3.04. The number of rotatable bonds is 5. The number of hydrogen-bond acceptors (Lipinski definition) is 2. The van der Waals surface area contributed by atoms with Gasteiger partial charge in [-0.25, -0.2) is 8.78 Å². The third kappa shape index (κ3) is 2.86. The Bertz CT molecular complexity index is 480. The van der Waals surface area contributed by atoms with Crippen molar-refractivity contribution in [3.05, 3.63) is 35.4 Å². The van der Waals surface area contributed by atoms with E-state index in [1.54, 1.807) is 0 Å². The highest BCUT2D eigenvalue weighted by Gasteiger charge is 2.38. The van der Waals surface area contributed by atoms with Crippen LogP contribution in [-0.2, 0) is 0 Å². The van der Waals surface area contributed by atoms with E-state index in [2.05, 4.69) is 5.32 Å². The predicted molar refractivity (Wildman–Crippen MR) is 73.1 cm³/mol. The molecule has 2 saturated carbocycles. The molecule has 20 heavy (non-hydrogen) atoms. The summed E-state index contributed by atoms with van der Waals surface area (Å²) in [6.07, 6.45) is 4.34. The third-order valence-corrected chi connectivity index (χ3v) is 4.95. The van der Waals surface area contributed by atoms with Gasteiger partial charge in [-0.15, -0.1) is 0 Å². The van der Waals surface area contributed by atoms with Crippen molar-refractivity contribution in [2.75, 3.05) is 13.1 Å². The minimum atomic E-state index is -0.996. The number of aliphatic hydroxyl groups excluding tert-OH is 1. The topological polar surface area (TPSA) is 32.3 Å². The lowest BCUT2D eigenvalue weighted by atomic mass is 9.89. The van der Waals surface area contributed by atoms with E-state index in [1.165, 1.54) is 25.7 Å². The van der Waals surface area contributed by atoms with Crippen LogP contribution < -0.4 is 5.32 Å². The zero-order chi connectivity index (χ0) is 14.1. The van der Waals surface area contributed by atoms with Crippen molar-refractivity contribution in [2.24, 2.45) is 17.8 Å². The molecule has 4 unspecified atom stereocenters. The van der Waals surface area contributed by atoms with Crippen molar-refractivity contribution in [2.45, 2.75) is 31.8 Å². The molecule has 2 nitrogen and oxygen atoms in total. The fraction of sp³-hybridized carbons (Fsp3) is 0.625. The molecule has 0 amide bonds. The zero-order valence-electron chi connectivity index (χ0n) is 11.5. The van der Waals surface area contributed by atoms with Gasteiger partial charge >= 0.3 is 0 Å². The monoisotopic (exact) mass is 281 g/mol. The van der Waals surface area contributed by atoms with Crippen LogP contribution in [0.2, 0.25) is 0 Å². The molecule has 0 spiro atoms. The first-order valence-corrected chi connectivity index (χ1v) is 7.47. The molecule has 0 heterocycles. The number of benzene rings is 1. The van der Waals surface area contributed by atoms with Gasteiger partial charge in [0.25, 0.3) is 0 Å². The number of aliphatic hydroxyl groups is 1. The van der Waals surface area contributed by atoms with Crippen LogP contribution in [0.4, 0.5) is 8.78 Å². The molecule has 2 aliphatic carbocycles. The molecule has 110 valence electrons. The molecule has 0 saturated heterocycles. The standard InChI is InChI=1S/C16H21F2NO/c17-13-3-4-15(18)14(7-13)16(20)9-19-8-12-6-10-1-2-11(12)5-10/h3-4,7,10-12,16,19-20H,1-2,5-6,8-9H2. The lowest BCUT2D eigenvalue weighted by Gasteiger charge is -2.22. The first kappa shape index (κ1) is 14.0. The Hall–Kier alpha value is -1.00. The highest BCUT2D eigenvalue weighted by Crippen LogP contribution is 2.47. The van der Waals surface area contributed by atoms with Gasteiger partial charge in [0.2, 0.25) is 0 Å². The van der Waals surface area contributed by atoms with Crippen molar-refractivity contribution in [3.63, 3.8) is 0 Å². The summed E-state index contributed by atoms with van der Waals surface area (Å²) in [6.45, 7) is 1.14. The first-order valence-electron chi connectivity index (χ1n) is 7.47. The molecule has 4 heteroatoms. The Morgan fingerprint density at radius 3 is 2.80 bits per heavy atom. The highest BCUT2D eigenvalue weighted by atomic mass is 19.1. The minimum absolute atomic E-state index is 0.0328. The SMILES string of the molecule is OC(CNCC1CC2CCC1C2)c1cc(F)ccc1F. The van der Waals surface area contributed by atoms with Crippen LogP contribution in [0.25, 0.3) is 0 Å². The van der Waals surface area contributed by atoms with Crippen molar-refractivity contribution < 1.29 is 13.9 Å². The van der Waals surface area contributed by atoms with E-state index in [0.717, 1.165) is 36.6 Å². The summed E-state index contributed by atoms with van der Waals surface area (Å²) >= 11 is 0. The van der Waals surface area contributed by atoms with E-state index >= 15 is 0 Å². The number of hydrogen-bond donors (Lipinski definition) is 2. The van der Waals surface area contributed by atoms with Crippen LogP contribution in [0, 0.1) is 29.4 Å². The first-order chi connectivity index (χ1) is 9.63. The summed E-state index contributed by atoms with van der Waals surface area (Å²) in [7, 11) is 0. The maximum absolute atomic E-state index is 13.5. The fourth-order valence-corrected chi connectivity index (χ4v) is 3.91. The molecule has 0 aliphatic heterocycles. The minimum Gasteiger partial charge on any atom is -0.387 e. The Morgan fingerprint density at radius 2 is 2.10 bits per heavy atom. The Kier molecular flexibility index (Phi) is 4.03. The molecule has 3 rings (SSSR count). The second kappa shape index (κ2) is 5.78. The molecule has 2 aliphatic rings. The van der Waals surface area contributed by atoms with E-state index in [-0.39, 0.29) is 12.1 Å². The molecule has 2 fully saturated rings. The summed E-state index contributed by atoms with van der Waals surface area (Å²) in [5.41, 5.74) is 0.0328. The quantitative estimate of drug-likeness (QED) is 0.869. The van der Waals surface area contributed by atoms with Crippen LogP contribution in [0.1, 0.15) is 37.4 Å². The Labute approximate surface area is 118 Å². The second-order valence-corrected chi connectivity index (χ2v) is 6.27.